The Labute approximate surface area is 128 Å². The Hall–Kier alpha value is -2.80. The lowest BCUT2D eigenvalue weighted by Gasteiger charge is -2.08. The first-order valence-electron chi connectivity index (χ1n) is 6.06. The molecule has 0 saturated carbocycles. The van der Waals surface area contributed by atoms with E-state index < -0.39 is 10.7 Å². The van der Waals surface area contributed by atoms with Crippen molar-refractivity contribution in [2.45, 2.75) is 0 Å². The van der Waals surface area contributed by atoms with Gasteiger partial charge in [0.25, 0.3) is 0 Å². The summed E-state index contributed by atoms with van der Waals surface area (Å²) in [6, 6.07) is 7.90. The van der Waals surface area contributed by atoms with E-state index in [1.165, 1.54) is 42.7 Å². The molecule has 2 aromatic carbocycles. The van der Waals surface area contributed by atoms with E-state index in [1.807, 2.05) is 0 Å². The van der Waals surface area contributed by atoms with Crippen molar-refractivity contribution in [2.75, 3.05) is 0 Å². The van der Waals surface area contributed by atoms with Crippen LogP contribution in [0.3, 0.4) is 0 Å². The summed E-state index contributed by atoms with van der Waals surface area (Å²) in [7, 11) is 0. The predicted octanol–water partition coefficient (Wildman–Crippen LogP) is 4.12. The SMILES string of the molecule is O=[N+]([O-])c1cc(Cl)ccc1Oc1ncnc2ccc(F)cc12. The van der Waals surface area contributed by atoms with Crippen molar-refractivity contribution in [3.05, 3.63) is 63.7 Å². The molecule has 0 aliphatic rings. The zero-order chi connectivity index (χ0) is 15.7. The van der Waals surface area contributed by atoms with E-state index in [2.05, 4.69) is 9.97 Å². The Morgan fingerprint density at radius 3 is 2.77 bits per heavy atom. The summed E-state index contributed by atoms with van der Waals surface area (Å²) < 4.78 is 18.9. The quantitative estimate of drug-likeness (QED) is 0.536. The summed E-state index contributed by atoms with van der Waals surface area (Å²) in [5, 5.41) is 11.6. The Kier molecular flexibility index (Phi) is 3.56. The molecule has 3 aromatic rings. The molecule has 110 valence electrons. The predicted molar refractivity (Wildman–Crippen MR) is 77.7 cm³/mol. The second kappa shape index (κ2) is 5.53. The number of benzene rings is 2. The third kappa shape index (κ3) is 2.66. The van der Waals surface area contributed by atoms with Gasteiger partial charge in [0.1, 0.15) is 12.1 Å². The summed E-state index contributed by atoms with van der Waals surface area (Å²) in [6.07, 6.45) is 1.23. The first-order valence-corrected chi connectivity index (χ1v) is 6.44. The Morgan fingerprint density at radius 1 is 1.18 bits per heavy atom. The fourth-order valence-electron chi connectivity index (χ4n) is 1.91. The minimum atomic E-state index is -0.620. The van der Waals surface area contributed by atoms with Gasteiger partial charge in [0.05, 0.1) is 15.8 Å². The third-order valence-electron chi connectivity index (χ3n) is 2.89. The molecule has 0 spiro atoms. The smallest absolute Gasteiger partial charge is 0.313 e. The Bertz CT molecular complexity index is 888. The molecule has 1 heterocycles. The van der Waals surface area contributed by atoms with Crippen LogP contribution in [-0.2, 0) is 0 Å². The highest BCUT2D eigenvalue weighted by Gasteiger charge is 2.18. The number of ether oxygens (including phenoxy) is 1. The number of hydrogen-bond acceptors (Lipinski definition) is 5. The topological polar surface area (TPSA) is 78.2 Å². The Balaban J connectivity index is 2.11. The second-order valence-corrected chi connectivity index (χ2v) is 4.75. The zero-order valence-electron chi connectivity index (χ0n) is 10.9. The summed E-state index contributed by atoms with van der Waals surface area (Å²) >= 11 is 5.74. The van der Waals surface area contributed by atoms with Crippen LogP contribution in [0.15, 0.2) is 42.7 Å². The lowest BCUT2D eigenvalue weighted by molar-refractivity contribution is -0.385. The van der Waals surface area contributed by atoms with Gasteiger partial charge in [-0.1, -0.05) is 11.6 Å². The van der Waals surface area contributed by atoms with Crippen LogP contribution in [0.1, 0.15) is 0 Å². The molecule has 0 aliphatic heterocycles. The monoisotopic (exact) mass is 319 g/mol. The molecule has 1 aromatic heterocycles. The summed E-state index contributed by atoms with van der Waals surface area (Å²) in [5.74, 6) is -0.508. The van der Waals surface area contributed by atoms with E-state index >= 15 is 0 Å². The van der Waals surface area contributed by atoms with Crippen LogP contribution >= 0.6 is 11.6 Å². The number of hydrogen-bond donors (Lipinski definition) is 0. The first-order chi connectivity index (χ1) is 10.5. The first kappa shape index (κ1) is 14.2. The molecule has 0 bridgehead atoms. The van der Waals surface area contributed by atoms with E-state index in [0.29, 0.717) is 10.9 Å². The van der Waals surface area contributed by atoms with Gasteiger partial charge in [0.2, 0.25) is 11.6 Å². The minimum Gasteiger partial charge on any atom is -0.431 e. The molecule has 0 N–H and O–H groups in total. The average molecular weight is 320 g/mol. The molecule has 0 radical (unpaired) electrons. The molecule has 8 heteroatoms. The molecule has 6 nitrogen and oxygen atoms in total. The molecular weight excluding hydrogens is 313 g/mol. The van der Waals surface area contributed by atoms with Crippen LogP contribution in [0, 0.1) is 15.9 Å². The van der Waals surface area contributed by atoms with Gasteiger partial charge in [-0.3, -0.25) is 10.1 Å². The van der Waals surface area contributed by atoms with Crippen molar-refractivity contribution in [1.82, 2.24) is 9.97 Å². The van der Waals surface area contributed by atoms with Gasteiger partial charge < -0.3 is 4.74 Å². The maximum Gasteiger partial charge on any atom is 0.313 e. The van der Waals surface area contributed by atoms with Crippen LogP contribution in [0.4, 0.5) is 10.1 Å². The van der Waals surface area contributed by atoms with Crippen molar-refractivity contribution in [2.24, 2.45) is 0 Å². The number of nitrogens with zero attached hydrogens (tertiary/aromatic N) is 3. The molecule has 3 rings (SSSR count). The van der Waals surface area contributed by atoms with Gasteiger partial charge in [-0.05, 0) is 30.3 Å². The highest BCUT2D eigenvalue weighted by molar-refractivity contribution is 6.30. The van der Waals surface area contributed by atoms with Crippen molar-refractivity contribution in [3.8, 4) is 11.6 Å². The van der Waals surface area contributed by atoms with Gasteiger partial charge in [0, 0.05) is 11.1 Å². The zero-order valence-corrected chi connectivity index (χ0v) is 11.6. The number of fused-ring (bicyclic) bond motifs is 1. The van der Waals surface area contributed by atoms with E-state index in [1.54, 1.807) is 0 Å². The van der Waals surface area contributed by atoms with E-state index in [-0.39, 0.29) is 22.3 Å². The fraction of sp³-hybridized carbons (Fsp3) is 0. The second-order valence-electron chi connectivity index (χ2n) is 4.31. The summed E-state index contributed by atoms with van der Waals surface area (Å²) in [5.41, 5.74) is 0.152. The highest BCUT2D eigenvalue weighted by Crippen LogP contribution is 2.35. The summed E-state index contributed by atoms with van der Waals surface area (Å²) in [6.45, 7) is 0. The highest BCUT2D eigenvalue weighted by atomic mass is 35.5. The number of halogens is 2. The van der Waals surface area contributed by atoms with Crippen LogP contribution in [-0.4, -0.2) is 14.9 Å². The van der Waals surface area contributed by atoms with Crippen LogP contribution in [0.5, 0.6) is 11.6 Å². The third-order valence-corrected chi connectivity index (χ3v) is 3.12. The van der Waals surface area contributed by atoms with Crippen molar-refractivity contribution in [3.63, 3.8) is 0 Å². The molecule has 0 aliphatic carbocycles. The fourth-order valence-corrected chi connectivity index (χ4v) is 2.08. The maximum absolute atomic E-state index is 13.4. The lowest BCUT2D eigenvalue weighted by atomic mass is 10.2. The van der Waals surface area contributed by atoms with E-state index in [0.717, 1.165) is 0 Å². The molecule has 22 heavy (non-hydrogen) atoms. The molecular formula is C14H7ClFN3O3. The standard InChI is InChI=1S/C14H7ClFN3O3/c15-8-1-4-13(12(5-8)19(20)21)22-14-10-6-9(16)2-3-11(10)17-7-18-14/h1-7H. The Morgan fingerprint density at radius 2 is 2.00 bits per heavy atom. The molecule has 0 amide bonds. The van der Waals surface area contributed by atoms with Crippen molar-refractivity contribution in [1.29, 1.82) is 0 Å². The largest absolute Gasteiger partial charge is 0.431 e. The van der Waals surface area contributed by atoms with Crippen molar-refractivity contribution < 1.29 is 14.1 Å². The number of rotatable bonds is 3. The van der Waals surface area contributed by atoms with Crippen LogP contribution < -0.4 is 4.74 Å². The van der Waals surface area contributed by atoms with Crippen LogP contribution in [0.25, 0.3) is 10.9 Å². The average Bonchev–Trinajstić information content (AvgIpc) is 2.49. The number of aromatic nitrogens is 2. The number of nitro groups is 1. The maximum atomic E-state index is 13.4. The van der Waals surface area contributed by atoms with Gasteiger partial charge >= 0.3 is 5.69 Å². The molecule has 0 atom stereocenters. The molecule has 0 unspecified atom stereocenters. The van der Waals surface area contributed by atoms with Gasteiger partial charge in [0.15, 0.2) is 0 Å². The minimum absolute atomic E-state index is 0.0231. The molecule has 0 saturated heterocycles. The van der Waals surface area contributed by atoms with E-state index in [9.17, 15) is 14.5 Å². The van der Waals surface area contributed by atoms with Gasteiger partial charge in [-0.25, -0.2) is 14.4 Å². The summed E-state index contributed by atoms with van der Waals surface area (Å²) in [4.78, 5) is 18.3. The van der Waals surface area contributed by atoms with Gasteiger partial charge in [-0.15, -0.1) is 0 Å². The van der Waals surface area contributed by atoms with Crippen LogP contribution in [0.2, 0.25) is 5.02 Å². The van der Waals surface area contributed by atoms with Crippen molar-refractivity contribution >= 4 is 28.2 Å². The van der Waals surface area contributed by atoms with Gasteiger partial charge in [-0.2, -0.15) is 0 Å². The van der Waals surface area contributed by atoms with E-state index in [4.69, 9.17) is 16.3 Å². The molecule has 0 fully saturated rings. The number of nitro benzene ring substituents is 1. The lowest BCUT2D eigenvalue weighted by Crippen LogP contribution is -1.96. The normalized spacial score (nSPS) is 10.6.